The minimum absolute atomic E-state index is 0.0339. The molecule has 0 radical (unpaired) electrons. The number of aryl methyl sites for hydroxylation is 1. The first-order valence-corrected chi connectivity index (χ1v) is 11.9. The summed E-state index contributed by atoms with van der Waals surface area (Å²) in [6.07, 6.45) is 8.34. The van der Waals surface area contributed by atoms with Crippen LogP contribution in [0.25, 0.3) is 0 Å². The number of nitrogens with zero attached hydrogens (tertiary/aromatic N) is 3. The second kappa shape index (κ2) is 10.8. The van der Waals surface area contributed by atoms with E-state index in [0.717, 1.165) is 32.1 Å². The van der Waals surface area contributed by atoms with E-state index >= 15 is 0 Å². The summed E-state index contributed by atoms with van der Waals surface area (Å²) < 4.78 is 16.0. The van der Waals surface area contributed by atoms with Gasteiger partial charge in [0.05, 0.1) is 0 Å². The van der Waals surface area contributed by atoms with Gasteiger partial charge in [-0.15, -0.1) is 0 Å². The molecule has 2 amide bonds. The van der Waals surface area contributed by atoms with Gasteiger partial charge in [0.15, 0.2) is 0 Å². The zero-order chi connectivity index (χ0) is 24.1. The lowest BCUT2D eigenvalue weighted by Gasteiger charge is -2.34. The van der Waals surface area contributed by atoms with Crippen molar-refractivity contribution < 1.29 is 14.0 Å². The van der Waals surface area contributed by atoms with Crippen LogP contribution in [0.3, 0.4) is 0 Å². The molecule has 2 aromatic carbocycles. The maximum absolute atomic E-state index is 14.3. The van der Waals surface area contributed by atoms with Crippen LogP contribution in [0.2, 0.25) is 5.02 Å². The predicted octanol–water partition coefficient (Wildman–Crippen LogP) is 5.21. The van der Waals surface area contributed by atoms with Crippen molar-refractivity contribution in [3.05, 3.63) is 83.2 Å². The summed E-state index contributed by atoms with van der Waals surface area (Å²) >= 11 is 6.53. The van der Waals surface area contributed by atoms with Crippen molar-refractivity contribution in [2.45, 2.75) is 57.7 Å². The van der Waals surface area contributed by atoms with E-state index in [1.54, 1.807) is 54.2 Å². The lowest BCUT2D eigenvalue weighted by Crippen LogP contribution is -2.48. The second-order valence-electron chi connectivity index (χ2n) is 8.61. The molecule has 3 aromatic rings. The number of imidazole rings is 1. The summed E-state index contributed by atoms with van der Waals surface area (Å²) in [5.74, 6) is -0.552. The fourth-order valence-corrected chi connectivity index (χ4v) is 4.72. The Kier molecular flexibility index (Phi) is 7.63. The Labute approximate surface area is 203 Å². The van der Waals surface area contributed by atoms with Gasteiger partial charge in [0.25, 0.3) is 0 Å². The number of anilines is 1. The minimum atomic E-state index is -1.06. The van der Waals surface area contributed by atoms with Crippen LogP contribution in [-0.2, 0) is 16.1 Å². The molecule has 1 atom stereocenters. The van der Waals surface area contributed by atoms with Crippen molar-refractivity contribution in [3.8, 4) is 0 Å². The highest BCUT2D eigenvalue weighted by Gasteiger charge is 2.35. The fourth-order valence-electron chi connectivity index (χ4n) is 4.48. The monoisotopic (exact) mass is 482 g/mol. The summed E-state index contributed by atoms with van der Waals surface area (Å²) in [5.41, 5.74) is 0.768. The van der Waals surface area contributed by atoms with Crippen LogP contribution in [0.15, 0.2) is 60.9 Å². The highest BCUT2D eigenvalue weighted by molar-refractivity contribution is 6.31. The van der Waals surface area contributed by atoms with Crippen LogP contribution in [0.4, 0.5) is 10.1 Å². The first kappa shape index (κ1) is 24.0. The number of carbonyl (C=O) groups is 2. The summed E-state index contributed by atoms with van der Waals surface area (Å²) in [6, 6.07) is 11.6. The molecule has 0 bridgehead atoms. The number of benzene rings is 2. The normalized spacial score (nSPS) is 15.0. The van der Waals surface area contributed by atoms with E-state index in [1.807, 2.05) is 0 Å². The zero-order valence-electron chi connectivity index (χ0n) is 19.1. The zero-order valence-corrected chi connectivity index (χ0v) is 19.8. The number of aromatic nitrogens is 2. The third kappa shape index (κ3) is 5.47. The molecule has 1 unspecified atom stereocenters. The highest BCUT2D eigenvalue weighted by Crippen LogP contribution is 2.33. The van der Waals surface area contributed by atoms with Gasteiger partial charge in [0.1, 0.15) is 24.2 Å². The van der Waals surface area contributed by atoms with Crippen molar-refractivity contribution in [2.24, 2.45) is 0 Å². The van der Waals surface area contributed by atoms with Gasteiger partial charge >= 0.3 is 0 Å². The van der Waals surface area contributed by atoms with Gasteiger partial charge in [0, 0.05) is 34.7 Å². The smallest absolute Gasteiger partial charge is 0.248 e. The standard InChI is InChI=1S/C26H28ClFN4O2/c1-18-29-14-15-31(18)17-24(33)32(21-11-7-8-19(28)16-21)25(22-12-5-6-13-23(22)27)26(34)30-20-9-3-2-4-10-20/h5-8,11-16,20,25H,2-4,9-10,17H2,1H3,(H,30,34). The van der Waals surface area contributed by atoms with Crippen LogP contribution >= 0.6 is 11.6 Å². The molecule has 178 valence electrons. The topological polar surface area (TPSA) is 67.2 Å². The van der Waals surface area contributed by atoms with Gasteiger partial charge in [-0.3, -0.25) is 14.5 Å². The van der Waals surface area contributed by atoms with Gasteiger partial charge in [0.2, 0.25) is 11.8 Å². The third-order valence-corrected chi connectivity index (χ3v) is 6.59. The highest BCUT2D eigenvalue weighted by atomic mass is 35.5. The van der Waals surface area contributed by atoms with Crippen molar-refractivity contribution >= 4 is 29.1 Å². The number of rotatable bonds is 7. The first-order chi connectivity index (χ1) is 16.4. The van der Waals surface area contributed by atoms with Crippen LogP contribution in [0.1, 0.15) is 49.5 Å². The van der Waals surface area contributed by atoms with Crippen molar-refractivity contribution in [1.29, 1.82) is 0 Å². The van der Waals surface area contributed by atoms with Crippen LogP contribution in [0.5, 0.6) is 0 Å². The van der Waals surface area contributed by atoms with Crippen LogP contribution in [-0.4, -0.2) is 27.4 Å². The van der Waals surface area contributed by atoms with Crippen LogP contribution in [0, 0.1) is 12.7 Å². The quantitative estimate of drug-likeness (QED) is 0.503. The second-order valence-corrected chi connectivity index (χ2v) is 9.02. The Hall–Kier alpha value is -3.19. The van der Waals surface area contributed by atoms with E-state index in [4.69, 9.17) is 11.6 Å². The van der Waals surface area contributed by atoms with Crippen molar-refractivity contribution in [3.63, 3.8) is 0 Å². The molecule has 1 aliphatic carbocycles. The predicted molar refractivity (Wildman–Crippen MR) is 130 cm³/mol. The van der Waals surface area contributed by atoms with E-state index in [1.165, 1.54) is 23.1 Å². The van der Waals surface area contributed by atoms with E-state index in [9.17, 15) is 14.0 Å². The van der Waals surface area contributed by atoms with Crippen molar-refractivity contribution in [2.75, 3.05) is 4.90 Å². The summed E-state index contributed by atoms with van der Waals surface area (Å²) in [4.78, 5) is 33.0. The molecule has 8 heteroatoms. The fraction of sp³-hybridized carbons (Fsp3) is 0.346. The van der Waals surface area contributed by atoms with Gasteiger partial charge in [-0.25, -0.2) is 9.37 Å². The van der Waals surface area contributed by atoms with E-state index < -0.39 is 11.9 Å². The Morgan fingerprint density at radius 1 is 1.18 bits per heavy atom. The van der Waals surface area contributed by atoms with E-state index in [-0.39, 0.29) is 30.1 Å². The first-order valence-electron chi connectivity index (χ1n) is 11.5. The molecular weight excluding hydrogens is 455 g/mol. The number of hydrogen-bond donors (Lipinski definition) is 1. The Bertz CT molecular complexity index is 1160. The molecule has 0 spiro atoms. The molecule has 0 saturated heterocycles. The molecule has 34 heavy (non-hydrogen) atoms. The molecule has 1 aliphatic rings. The average molecular weight is 483 g/mol. The van der Waals surface area contributed by atoms with E-state index in [2.05, 4.69) is 10.3 Å². The van der Waals surface area contributed by atoms with Crippen LogP contribution < -0.4 is 10.2 Å². The van der Waals surface area contributed by atoms with Gasteiger partial charge < -0.3 is 9.88 Å². The molecular formula is C26H28ClFN4O2. The molecule has 1 heterocycles. The Morgan fingerprint density at radius 3 is 2.62 bits per heavy atom. The number of hydrogen-bond acceptors (Lipinski definition) is 3. The average Bonchev–Trinajstić information content (AvgIpc) is 3.22. The maximum atomic E-state index is 14.3. The molecule has 0 aliphatic heterocycles. The molecule has 1 aromatic heterocycles. The summed E-state index contributed by atoms with van der Waals surface area (Å²) in [7, 11) is 0. The number of nitrogens with one attached hydrogen (secondary N) is 1. The largest absolute Gasteiger partial charge is 0.351 e. The molecule has 4 rings (SSSR count). The molecule has 1 fully saturated rings. The number of carbonyl (C=O) groups excluding carboxylic acids is 2. The number of halogens is 2. The van der Waals surface area contributed by atoms with Gasteiger partial charge in [-0.1, -0.05) is 55.1 Å². The molecule has 1 saturated carbocycles. The third-order valence-electron chi connectivity index (χ3n) is 6.24. The molecule has 1 N–H and O–H groups in total. The van der Waals surface area contributed by atoms with E-state index in [0.29, 0.717) is 16.4 Å². The SMILES string of the molecule is Cc1nccn1CC(=O)N(c1cccc(F)c1)C(C(=O)NC1CCCCC1)c1ccccc1Cl. The number of amides is 2. The Morgan fingerprint density at radius 2 is 1.94 bits per heavy atom. The van der Waals surface area contributed by atoms with Gasteiger partial charge in [-0.2, -0.15) is 0 Å². The Balaban J connectivity index is 1.77. The van der Waals surface area contributed by atoms with Gasteiger partial charge in [-0.05, 0) is 44.0 Å². The summed E-state index contributed by atoms with van der Waals surface area (Å²) in [5, 5.41) is 3.49. The lowest BCUT2D eigenvalue weighted by molar-refractivity contribution is -0.127. The lowest BCUT2D eigenvalue weighted by atomic mass is 9.94. The summed E-state index contributed by atoms with van der Waals surface area (Å²) in [6.45, 7) is 1.74. The van der Waals surface area contributed by atoms with Crippen molar-refractivity contribution in [1.82, 2.24) is 14.9 Å². The molecule has 6 nitrogen and oxygen atoms in total. The maximum Gasteiger partial charge on any atom is 0.248 e. The minimum Gasteiger partial charge on any atom is -0.351 e.